The Morgan fingerprint density at radius 3 is 2.70 bits per heavy atom. The van der Waals surface area contributed by atoms with Gasteiger partial charge in [-0.2, -0.15) is 5.26 Å². The molecule has 2 atom stereocenters. The third-order valence-corrected chi connectivity index (χ3v) is 5.84. The summed E-state index contributed by atoms with van der Waals surface area (Å²) in [5, 5.41) is 9.83. The van der Waals surface area contributed by atoms with Gasteiger partial charge in [0.25, 0.3) is 0 Å². The number of nitrogens with zero attached hydrogens (tertiary/aromatic N) is 1. The van der Waals surface area contributed by atoms with Gasteiger partial charge in [0, 0.05) is 11.6 Å². The molecule has 4 rings (SSSR count). The van der Waals surface area contributed by atoms with E-state index < -0.39 is 23.8 Å². The van der Waals surface area contributed by atoms with Crippen molar-refractivity contribution < 1.29 is 28.1 Å². The van der Waals surface area contributed by atoms with Gasteiger partial charge in [-0.1, -0.05) is 43.7 Å². The van der Waals surface area contributed by atoms with E-state index in [1.54, 1.807) is 18.2 Å². The molecule has 0 spiro atoms. The summed E-state index contributed by atoms with van der Waals surface area (Å²) < 4.78 is 36.3. The lowest BCUT2D eigenvalue weighted by molar-refractivity contribution is -0.141. The number of carbonyl (C=O) groups is 1. The van der Waals surface area contributed by atoms with Crippen LogP contribution in [0, 0.1) is 17.1 Å². The average molecular weight is 503 g/mol. The molecule has 0 saturated heterocycles. The van der Waals surface area contributed by atoms with Crippen LogP contribution in [-0.4, -0.2) is 18.7 Å². The van der Waals surface area contributed by atoms with E-state index in [0.29, 0.717) is 23.7 Å². The first-order chi connectivity index (χ1) is 17.9. The fourth-order valence-electron chi connectivity index (χ4n) is 3.94. The van der Waals surface area contributed by atoms with E-state index in [1.165, 1.54) is 31.2 Å². The number of halogens is 1. The highest BCUT2D eigenvalue weighted by atomic mass is 19.1. The first-order valence-electron chi connectivity index (χ1n) is 12.0. The number of hydrogen-bond donors (Lipinski definition) is 1. The number of hydrogen-bond acceptors (Lipinski definition) is 7. The summed E-state index contributed by atoms with van der Waals surface area (Å²) in [6.07, 6.45) is 0.893. The molecule has 0 bridgehead atoms. The van der Waals surface area contributed by atoms with Crippen LogP contribution in [0.25, 0.3) is 0 Å². The van der Waals surface area contributed by atoms with Crippen molar-refractivity contribution >= 4 is 5.97 Å². The van der Waals surface area contributed by atoms with Crippen LogP contribution in [0.1, 0.15) is 43.7 Å². The molecule has 1 aliphatic rings. The lowest BCUT2D eigenvalue weighted by Crippen LogP contribution is -2.29. The van der Waals surface area contributed by atoms with E-state index in [2.05, 4.69) is 13.0 Å². The Bertz CT molecular complexity index is 1360. The number of nitrogens with two attached hydrogens (primary N) is 1. The minimum atomic E-state index is -1.06. The number of nitriles is 1. The van der Waals surface area contributed by atoms with Crippen LogP contribution in [0.4, 0.5) is 4.39 Å². The predicted octanol–water partition coefficient (Wildman–Crippen LogP) is 5.60. The molecular weight excluding hydrogens is 475 g/mol. The van der Waals surface area contributed by atoms with Crippen LogP contribution in [0.3, 0.4) is 0 Å². The number of carbonyl (C=O) groups excluding carboxylic acids is 1. The molecule has 1 aliphatic heterocycles. The van der Waals surface area contributed by atoms with Gasteiger partial charge in [-0.3, -0.25) is 0 Å². The second kappa shape index (κ2) is 11.5. The minimum Gasteiger partial charge on any atom is -0.494 e. The first-order valence-corrected chi connectivity index (χ1v) is 12.0. The van der Waals surface area contributed by atoms with Crippen molar-refractivity contribution in [2.24, 2.45) is 5.73 Å². The molecule has 0 amide bonds. The highest BCUT2D eigenvalue weighted by Gasteiger charge is 2.31. The molecular formula is C29H27FN2O5. The fourth-order valence-corrected chi connectivity index (χ4v) is 3.94. The molecule has 0 fully saturated rings. The Kier molecular flexibility index (Phi) is 7.94. The monoisotopic (exact) mass is 502 g/mol. The maximum atomic E-state index is 13.9. The van der Waals surface area contributed by atoms with Crippen LogP contribution in [0.15, 0.2) is 78.2 Å². The second-order valence-corrected chi connectivity index (χ2v) is 8.51. The summed E-state index contributed by atoms with van der Waals surface area (Å²) in [7, 11) is 0. The maximum absolute atomic E-state index is 13.9. The van der Waals surface area contributed by atoms with Gasteiger partial charge in [0.05, 0.1) is 12.5 Å². The fraction of sp³-hybridized carbons (Fsp3) is 0.241. The summed E-state index contributed by atoms with van der Waals surface area (Å²) >= 11 is 0. The van der Waals surface area contributed by atoms with E-state index in [1.807, 2.05) is 24.3 Å². The van der Waals surface area contributed by atoms with Gasteiger partial charge >= 0.3 is 5.97 Å². The number of esters is 1. The lowest BCUT2D eigenvalue weighted by atomic mass is 9.83. The standard InChI is InChI=1S/C29H27FN2O5/c1-3-4-14-34-20-9-7-8-19(15-20)27-22-13-12-21(16-26(22)37-28(32)23(27)17-31)36-29(33)18(2)35-25-11-6-5-10-24(25)30/h5-13,15-16,18,27H,3-4,14,32H2,1-2H3. The number of benzene rings is 3. The molecule has 8 heteroatoms. The number of unbranched alkanes of at least 4 members (excludes halogenated alkanes) is 1. The predicted molar refractivity (Wildman–Crippen MR) is 135 cm³/mol. The zero-order valence-electron chi connectivity index (χ0n) is 20.6. The summed E-state index contributed by atoms with van der Waals surface area (Å²) in [6, 6.07) is 20.3. The molecule has 2 unspecified atom stereocenters. The van der Waals surface area contributed by atoms with Gasteiger partial charge < -0.3 is 24.7 Å². The molecule has 0 aromatic heterocycles. The molecule has 2 N–H and O–H groups in total. The van der Waals surface area contributed by atoms with Gasteiger partial charge in [-0.25, -0.2) is 9.18 Å². The highest BCUT2D eigenvalue weighted by Crippen LogP contribution is 2.44. The van der Waals surface area contributed by atoms with Crippen molar-refractivity contribution in [2.75, 3.05) is 6.61 Å². The number of ether oxygens (including phenoxy) is 4. The van der Waals surface area contributed by atoms with Gasteiger partial charge in [0.1, 0.15) is 28.9 Å². The van der Waals surface area contributed by atoms with E-state index in [0.717, 1.165) is 18.4 Å². The lowest BCUT2D eigenvalue weighted by Gasteiger charge is -2.27. The summed E-state index contributed by atoms with van der Waals surface area (Å²) in [4.78, 5) is 12.6. The summed E-state index contributed by atoms with van der Waals surface area (Å²) in [5.41, 5.74) is 7.88. The van der Waals surface area contributed by atoms with Gasteiger partial charge in [-0.15, -0.1) is 0 Å². The van der Waals surface area contributed by atoms with Crippen molar-refractivity contribution in [2.45, 2.75) is 38.7 Å². The summed E-state index contributed by atoms with van der Waals surface area (Å²) in [5.74, 6) is -0.619. The van der Waals surface area contributed by atoms with Crippen molar-refractivity contribution in [3.63, 3.8) is 0 Å². The largest absolute Gasteiger partial charge is 0.494 e. The van der Waals surface area contributed by atoms with Crippen LogP contribution in [-0.2, 0) is 4.79 Å². The first kappa shape index (κ1) is 25.6. The quantitative estimate of drug-likeness (QED) is 0.231. The molecule has 3 aromatic carbocycles. The molecule has 3 aromatic rings. The van der Waals surface area contributed by atoms with Crippen LogP contribution in [0.2, 0.25) is 0 Å². The van der Waals surface area contributed by atoms with Gasteiger partial charge in [-0.05, 0) is 49.2 Å². The molecule has 0 saturated carbocycles. The van der Waals surface area contributed by atoms with E-state index in [9.17, 15) is 14.4 Å². The van der Waals surface area contributed by atoms with Crippen LogP contribution in [0.5, 0.6) is 23.0 Å². The van der Waals surface area contributed by atoms with Crippen molar-refractivity contribution in [1.82, 2.24) is 0 Å². The van der Waals surface area contributed by atoms with E-state index in [-0.39, 0.29) is 23.0 Å². The zero-order valence-corrected chi connectivity index (χ0v) is 20.6. The third-order valence-electron chi connectivity index (χ3n) is 5.84. The SMILES string of the molecule is CCCCOc1cccc(C2C(C#N)=C(N)Oc3cc(OC(=O)C(C)Oc4ccccc4F)ccc32)c1. The van der Waals surface area contributed by atoms with Gasteiger partial charge in [0.15, 0.2) is 17.7 Å². The number of allylic oxidation sites excluding steroid dienone is 1. The van der Waals surface area contributed by atoms with Gasteiger partial charge in [0.2, 0.25) is 5.88 Å². The smallest absolute Gasteiger partial charge is 0.352 e. The van der Waals surface area contributed by atoms with Crippen molar-refractivity contribution in [1.29, 1.82) is 5.26 Å². The molecule has 0 aliphatic carbocycles. The Hall–Kier alpha value is -4.51. The average Bonchev–Trinajstić information content (AvgIpc) is 2.89. The molecule has 190 valence electrons. The zero-order chi connectivity index (χ0) is 26.4. The Balaban J connectivity index is 1.57. The molecule has 0 radical (unpaired) electrons. The highest BCUT2D eigenvalue weighted by molar-refractivity contribution is 5.77. The second-order valence-electron chi connectivity index (χ2n) is 8.51. The Morgan fingerprint density at radius 1 is 1.14 bits per heavy atom. The Morgan fingerprint density at radius 2 is 1.95 bits per heavy atom. The van der Waals surface area contributed by atoms with E-state index in [4.69, 9.17) is 24.7 Å². The summed E-state index contributed by atoms with van der Waals surface area (Å²) in [6.45, 7) is 4.16. The third kappa shape index (κ3) is 5.84. The van der Waals surface area contributed by atoms with Crippen LogP contribution < -0.4 is 24.7 Å². The Labute approximate surface area is 214 Å². The maximum Gasteiger partial charge on any atom is 0.352 e. The normalized spacial score (nSPS) is 15.1. The van der Waals surface area contributed by atoms with Crippen molar-refractivity contribution in [3.05, 3.63) is 95.1 Å². The molecule has 37 heavy (non-hydrogen) atoms. The number of rotatable bonds is 9. The minimum absolute atomic E-state index is 0.0305. The number of para-hydroxylation sites is 1. The van der Waals surface area contributed by atoms with E-state index >= 15 is 0 Å². The number of fused-ring (bicyclic) bond motifs is 1. The topological polar surface area (TPSA) is 104 Å². The van der Waals surface area contributed by atoms with Crippen molar-refractivity contribution in [3.8, 4) is 29.1 Å². The van der Waals surface area contributed by atoms with Crippen LogP contribution >= 0.6 is 0 Å². The molecule has 1 heterocycles. The molecule has 7 nitrogen and oxygen atoms in total.